The van der Waals surface area contributed by atoms with Crippen LogP contribution in [-0.2, 0) is 10.8 Å². The molecule has 0 saturated carbocycles. The zero-order valence-corrected chi connectivity index (χ0v) is 25.2. The van der Waals surface area contributed by atoms with E-state index >= 15 is 0 Å². The molecule has 0 spiro atoms. The Kier molecular flexibility index (Phi) is 4.98. The molecule has 4 nitrogen and oxygen atoms in total. The van der Waals surface area contributed by atoms with E-state index in [0.717, 1.165) is 55.7 Å². The van der Waals surface area contributed by atoms with E-state index < -0.39 is 0 Å². The molecule has 210 valence electrons. The molecule has 0 radical (unpaired) electrons. The summed E-state index contributed by atoms with van der Waals surface area (Å²) in [6.07, 6.45) is 3.77. The van der Waals surface area contributed by atoms with E-state index in [-0.39, 0.29) is 10.8 Å². The quantitative estimate of drug-likeness (QED) is 0.196. The summed E-state index contributed by atoms with van der Waals surface area (Å²) in [6.45, 7) is 9.11. The second-order valence-corrected chi connectivity index (χ2v) is 13.2. The highest BCUT2D eigenvalue weighted by Gasteiger charge is 2.37. The average Bonchev–Trinajstić information content (AvgIpc) is 3.43. The van der Waals surface area contributed by atoms with Crippen LogP contribution in [0.25, 0.3) is 66.8 Å². The molecule has 0 aliphatic heterocycles. The summed E-state index contributed by atoms with van der Waals surface area (Å²) in [7, 11) is 0. The Bertz CT molecular complexity index is 2180. The van der Waals surface area contributed by atoms with Crippen molar-refractivity contribution in [2.75, 3.05) is 0 Å². The Morgan fingerprint density at radius 2 is 0.886 bits per heavy atom. The van der Waals surface area contributed by atoms with Crippen molar-refractivity contribution in [3.8, 4) is 45.0 Å². The number of fused-ring (bicyclic) bond motifs is 9. The van der Waals surface area contributed by atoms with Crippen molar-refractivity contribution in [2.24, 2.45) is 0 Å². The highest BCUT2D eigenvalue weighted by atomic mass is 14.8. The van der Waals surface area contributed by atoms with Crippen LogP contribution < -0.4 is 0 Å². The zero-order chi connectivity index (χ0) is 29.8. The first-order chi connectivity index (χ1) is 21.3. The Morgan fingerprint density at radius 1 is 0.455 bits per heavy atom. The van der Waals surface area contributed by atoms with Gasteiger partial charge in [0.25, 0.3) is 0 Å². The predicted octanol–water partition coefficient (Wildman–Crippen LogP) is 9.52. The lowest BCUT2D eigenvalue weighted by molar-refractivity contribution is 0.659. The van der Waals surface area contributed by atoms with Crippen molar-refractivity contribution >= 4 is 21.8 Å². The largest absolute Gasteiger partial charge is 0.256 e. The zero-order valence-electron chi connectivity index (χ0n) is 25.2. The number of pyridine rings is 4. The van der Waals surface area contributed by atoms with Gasteiger partial charge in [-0.1, -0.05) is 88.4 Å². The Hall–Kier alpha value is -5.22. The van der Waals surface area contributed by atoms with Crippen LogP contribution >= 0.6 is 0 Å². The number of benzene rings is 3. The molecule has 0 unspecified atom stereocenters. The van der Waals surface area contributed by atoms with Gasteiger partial charge in [-0.05, 0) is 58.7 Å². The van der Waals surface area contributed by atoms with Gasteiger partial charge in [0.1, 0.15) is 0 Å². The van der Waals surface area contributed by atoms with E-state index in [4.69, 9.17) is 19.9 Å². The maximum Gasteiger partial charge on any atom is 0.0972 e. The van der Waals surface area contributed by atoms with E-state index in [1.807, 2.05) is 24.5 Å². The summed E-state index contributed by atoms with van der Waals surface area (Å²) in [5.41, 5.74) is 15.4. The molecule has 3 aromatic carbocycles. The lowest BCUT2D eigenvalue weighted by atomic mass is 9.82. The fraction of sp³-hybridized carbons (Fsp3) is 0.150. The molecule has 0 amide bonds. The van der Waals surface area contributed by atoms with Crippen LogP contribution in [-0.4, -0.2) is 19.9 Å². The monoisotopic (exact) mass is 566 g/mol. The summed E-state index contributed by atoms with van der Waals surface area (Å²) in [6, 6.07) is 34.7. The topological polar surface area (TPSA) is 51.6 Å². The number of nitrogens with zero attached hydrogens (tertiary/aromatic N) is 4. The molecule has 2 aliphatic rings. The van der Waals surface area contributed by atoms with E-state index in [0.29, 0.717) is 0 Å². The van der Waals surface area contributed by atoms with E-state index in [1.54, 1.807) is 0 Å². The third-order valence-electron chi connectivity index (χ3n) is 9.97. The first-order valence-corrected chi connectivity index (χ1v) is 15.2. The van der Waals surface area contributed by atoms with Crippen molar-refractivity contribution < 1.29 is 0 Å². The minimum absolute atomic E-state index is 0.0732. The maximum absolute atomic E-state index is 5.24. The van der Waals surface area contributed by atoms with Gasteiger partial charge in [0.05, 0.1) is 33.8 Å². The average molecular weight is 567 g/mol. The second-order valence-electron chi connectivity index (χ2n) is 13.2. The Morgan fingerprint density at radius 3 is 1.34 bits per heavy atom. The number of hydrogen-bond donors (Lipinski definition) is 0. The predicted molar refractivity (Wildman–Crippen MR) is 179 cm³/mol. The molecule has 0 bridgehead atoms. The highest BCUT2D eigenvalue weighted by Crippen LogP contribution is 2.49. The third-order valence-corrected chi connectivity index (χ3v) is 9.97. The van der Waals surface area contributed by atoms with Crippen LogP contribution in [0.1, 0.15) is 49.9 Å². The molecule has 4 heteroatoms. The van der Waals surface area contributed by atoms with Crippen molar-refractivity contribution in [3.05, 3.63) is 132 Å². The molecule has 7 aromatic rings. The molecule has 9 rings (SSSR count). The molecular weight excluding hydrogens is 536 g/mol. The molecule has 0 N–H and O–H groups in total. The molecule has 0 fully saturated rings. The minimum atomic E-state index is -0.0732. The number of aromatic nitrogens is 4. The first-order valence-electron chi connectivity index (χ1n) is 15.2. The van der Waals surface area contributed by atoms with E-state index in [2.05, 4.69) is 113 Å². The van der Waals surface area contributed by atoms with Gasteiger partial charge in [0, 0.05) is 56.2 Å². The fourth-order valence-corrected chi connectivity index (χ4v) is 7.52. The summed E-state index contributed by atoms with van der Waals surface area (Å²) in [5.74, 6) is 0. The van der Waals surface area contributed by atoms with Gasteiger partial charge in [-0.3, -0.25) is 9.97 Å². The molecule has 2 aliphatic carbocycles. The minimum Gasteiger partial charge on any atom is -0.256 e. The molecule has 44 heavy (non-hydrogen) atoms. The van der Waals surface area contributed by atoms with Crippen molar-refractivity contribution in [1.29, 1.82) is 0 Å². The standard InChI is InChI=1S/C40H30N4/c1-39(2)29-15-11-25(21-27(29)37-31(39)7-5-19-41-37)33-17-13-23-9-10-24-14-18-34(44-36(24)35(23)43-33)26-12-16-30-28(22-26)38-32(40(30,3)4)8-6-20-42-38/h5-22H,1-4H3. The van der Waals surface area contributed by atoms with Gasteiger partial charge in [0.15, 0.2) is 0 Å². The smallest absolute Gasteiger partial charge is 0.0972 e. The Labute approximate surface area is 256 Å². The summed E-state index contributed by atoms with van der Waals surface area (Å²) < 4.78 is 0. The third kappa shape index (κ3) is 3.39. The van der Waals surface area contributed by atoms with Crippen LogP contribution in [0, 0.1) is 0 Å². The SMILES string of the molecule is CC1(C)c2ccc(-c3ccc4ccc5ccc(-c6ccc7c(c6)-c6ncccc6C7(C)C)nc5c4n3)cc2-c2ncccc21. The lowest BCUT2D eigenvalue weighted by Gasteiger charge is -2.21. The second kappa shape index (κ2) is 8.67. The van der Waals surface area contributed by atoms with Gasteiger partial charge in [-0.2, -0.15) is 0 Å². The lowest BCUT2D eigenvalue weighted by Crippen LogP contribution is -2.14. The first kappa shape index (κ1) is 25.3. The fourth-order valence-electron chi connectivity index (χ4n) is 7.52. The number of rotatable bonds is 2. The normalized spacial score (nSPS) is 15.2. The van der Waals surface area contributed by atoms with Crippen molar-refractivity contribution in [1.82, 2.24) is 19.9 Å². The van der Waals surface area contributed by atoms with Gasteiger partial charge in [-0.15, -0.1) is 0 Å². The summed E-state index contributed by atoms with van der Waals surface area (Å²) in [5, 5.41) is 2.16. The van der Waals surface area contributed by atoms with E-state index in [9.17, 15) is 0 Å². The van der Waals surface area contributed by atoms with Gasteiger partial charge >= 0.3 is 0 Å². The summed E-state index contributed by atoms with van der Waals surface area (Å²) >= 11 is 0. The Balaban J connectivity index is 1.18. The molecular formula is C40H30N4. The van der Waals surface area contributed by atoms with Gasteiger partial charge in [-0.25, -0.2) is 9.97 Å². The molecule has 4 heterocycles. The van der Waals surface area contributed by atoms with Crippen LogP contribution in [0.15, 0.2) is 109 Å². The van der Waals surface area contributed by atoms with Crippen molar-refractivity contribution in [3.63, 3.8) is 0 Å². The van der Waals surface area contributed by atoms with Crippen LogP contribution in [0.4, 0.5) is 0 Å². The molecule has 0 saturated heterocycles. The van der Waals surface area contributed by atoms with Crippen LogP contribution in [0.2, 0.25) is 0 Å². The van der Waals surface area contributed by atoms with Gasteiger partial charge < -0.3 is 0 Å². The van der Waals surface area contributed by atoms with Crippen molar-refractivity contribution in [2.45, 2.75) is 38.5 Å². The van der Waals surface area contributed by atoms with Crippen LogP contribution in [0.5, 0.6) is 0 Å². The number of hydrogen-bond acceptors (Lipinski definition) is 4. The summed E-state index contributed by atoms with van der Waals surface area (Å²) in [4.78, 5) is 20.0. The molecule has 0 atom stereocenters. The van der Waals surface area contributed by atoms with Crippen LogP contribution in [0.3, 0.4) is 0 Å². The molecule has 4 aromatic heterocycles. The maximum atomic E-state index is 5.24. The van der Waals surface area contributed by atoms with E-state index in [1.165, 1.54) is 33.4 Å². The highest BCUT2D eigenvalue weighted by molar-refractivity contribution is 6.04. The van der Waals surface area contributed by atoms with Gasteiger partial charge in [0.2, 0.25) is 0 Å².